The quantitative estimate of drug-likeness (QED) is 0.551. The van der Waals surface area contributed by atoms with Crippen LogP contribution in [0.5, 0.6) is 0 Å². The maximum absolute atomic E-state index is 13.7. The van der Waals surface area contributed by atoms with Crippen molar-refractivity contribution in [3.8, 4) is 0 Å². The number of nitrogens with one attached hydrogen (secondary N) is 2. The summed E-state index contributed by atoms with van der Waals surface area (Å²) in [4.78, 5) is 7.44. The monoisotopic (exact) mass is 369 g/mol. The van der Waals surface area contributed by atoms with Gasteiger partial charge in [0.05, 0.1) is 5.02 Å². The highest BCUT2D eigenvalue weighted by atomic mass is 35.5. The van der Waals surface area contributed by atoms with Gasteiger partial charge in [0.2, 0.25) is 0 Å². The lowest BCUT2D eigenvalue weighted by Gasteiger charge is -2.03. The third kappa shape index (κ3) is 3.28. The zero-order valence-electron chi connectivity index (χ0n) is 14.1. The first-order valence-corrected chi connectivity index (χ1v) is 8.59. The number of rotatable bonds is 5. The van der Waals surface area contributed by atoms with Crippen LogP contribution in [0.15, 0.2) is 48.8 Å². The molecule has 4 rings (SSSR count). The minimum Gasteiger partial charge on any atom is -0.364 e. The molecule has 3 aromatic heterocycles. The Morgan fingerprint density at radius 1 is 1.23 bits per heavy atom. The minimum absolute atomic E-state index is 0.223. The van der Waals surface area contributed by atoms with Crippen LogP contribution in [-0.4, -0.2) is 19.7 Å². The fourth-order valence-corrected chi connectivity index (χ4v) is 3.12. The van der Waals surface area contributed by atoms with Crippen molar-refractivity contribution < 1.29 is 4.39 Å². The fraction of sp³-hybridized carbons (Fsp3) is 0.158. The van der Waals surface area contributed by atoms with Gasteiger partial charge >= 0.3 is 0 Å². The molecule has 3 heterocycles. The van der Waals surface area contributed by atoms with Gasteiger partial charge in [-0.15, -0.1) is 0 Å². The highest BCUT2D eigenvalue weighted by Crippen LogP contribution is 2.23. The zero-order valence-corrected chi connectivity index (χ0v) is 14.9. The Labute approximate surface area is 154 Å². The van der Waals surface area contributed by atoms with E-state index in [0.717, 1.165) is 22.3 Å². The van der Waals surface area contributed by atoms with E-state index in [2.05, 4.69) is 20.4 Å². The van der Waals surface area contributed by atoms with Crippen molar-refractivity contribution >= 4 is 28.5 Å². The number of hydrogen-bond acceptors (Lipinski definition) is 3. The van der Waals surface area contributed by atoms with E-state index in [9.17, 15) is 4.39 Å². The van der Waals surface area contributed by atoms with E-state index in [4.69, 9.17) is 11.6 Å². The SMILES string of the molecule is Cn1nc(NCc2ccccc2F)cc1Cc1c[nH]c2ncc(Cl)cc12. The highest BCUT2D eigenvalue weighted by Gasteiger charge is 2.11. The van der Waals surface area contributed by atoms with Crippen LogP contribution in [-0.2, 0) is 20.0 Å². The second-order valence-electron chi connectivity index (χ2n) is 6.13. The molecule has 0 unspecified atom stereocenters. The van der Waals surface area contributed by atoms with Crippen LogP contribution >= 0.6 is 11.6 Å². The lowest BCUT2D eigenvalue weighted by Crippen LogP contribution is -2.03. The van der Waals surface area contributed by atoms with Crippen LogP contribution in [0, 0.1) is 5.82 Å². The number of fused-ring (bicyclic) bond motifs is 1. The van der Waals surface area contributed by atoms with E-state index >= 15 is 0 Å². The van der Waals surface area contributed by atoms with Gasteiger partial charge in [-0.25, -0.2) is 9.37 Å². The van der Waals surface area contributed by atoms with Gasteiger partial charge < -0.3 is 10.3 Å². The first-order valence-electron chi connectivity index (χ1n) is 8.22. The molecule has 0 atom stereocenters. The summed E-state index contributed by atoms with van der Waals surface area (Å²) >= 11 is 6.06. The lowest BCUT2D eigenvalue weighted by atomic mass is 10.1. The number of aromatic amines is 1. The first kappa shape index (κ1) is 16.6. The van der Waals surface area contributed by atoms with Gasteiger partial charge in [0.15, 0.2) is 0 Å². The number of nitrogens with zero attached hydrogens (tertiary/aromatic N) is 3. The zero-order chi connectivity index (χ0) is 18.1. The van der Waals surface area contributed by atoms with Crippen molar-refractivity contribution in [1.29, 1.82) is 0 Å². The molecule has 0 aliphatic carbocycles. The molecule has 5 nitrogen and oxygen atoms in total. The van der Waals surface area contributed by atoms with Gasteiger partial charge in [0, 0.05) is 55.1 Å². The summed E-state index contributed by atoms with van der Waals surface area (Å²) in [7, 11) is 1.89. The summed E-state index contributed by atoms with van der Waals surface area (Å²) in [6.45, 7) is 0.385. The topological polar surface area (TPSA) is 58.5 Å². The average molecular weight is 370 g/mol. The van der Waals surface area contributed by atoms with Crippen molar-refractivity contribution in [1.82, 2.24) is 19.7 Å². The van der Waals surface area contributed by atoms with Crippen LogP contribution in [0.1, 0.15) is 16.8 Å². The summed E-state index contributed by atoms with van der Waals surface area (Å²) in [5, 5.41) is 9.25. The van der Waals surface area contributed by atoms with Crippen molar-refractivity contribution in [3.05, 3.63) is 76.5 Å². The Morgan fingerprint density at radius 2 is 2.08 bits per heavy atom. The number of aromatic nitrogens is 4. The first-order chi connectivity index (χ1) is 12.6. The molecular formula is C19H17ClFN5. The molecule has 0 saturated carbocycles. The molecule has 0 radical (unpaired) electrons. The van der Waals surface area contributed by atoms with Gasteiger partial charge in [0.1, 0.15) is 17.3 Å². The van der Waals surface area contributed by atoms with Crippen molar-refractivity contribution in [3.63, 3.8) is 0 Å². The third-order valence-electron chi connectivity index (χ3n) is 4.35. The second-order valence-corrected chi connectivity index (χ2v) is 6.57. The summed E-state index contributed by atoms with van der Waals surface area (Å²) in [6.07, 6.45) is 4.25. The van der Waals surface area contributed by atoms with Gasteiger partial charge in [-0.3, -0.25) is 4.68 Å². The smallest absolute Gasteiger partial charge is 0.148 e. The third-order valence-corrected chi connectivity index (χ3v) is 4.56. The van der Waals surface area contributed by atoms with Gasteiger partial charge in [-0.2, -0.15) is 5.10 Å². The van der Waals surface area contributed by atoms with E-state index in [1.165, 1.54) is 6.07 Å². The Hall–Kier alpha value is -2.86. The average Bonchev–Trinajstić information content (AvgIpc) is 3.18. The number of benzene rings is 1. The Morgan fingerprint density at radius 3 is 2.92 bits per heavy atom. The predicted molar refractivity (Wildman–Crippen MR) is 101 cm³/mol. The van der Waals surface area contributed by atoms with E-state index < -0.39 is 0 Å². The Kier molecular flexibility index (Phi) is 4.34. The van der Waals surface area contributed by atoms with E-state index in [-0.39, 0.29) is 5.82 Å². The van der Waals surface area contributed by atoms with Crippen molar-refractivity contribution in [2.24, 2.45) is 7.05 Å². The predicted octanol–water partition coefficient (Wildman–Crippen LogP) is 4.29. The summed E-state index contributed by atoms with van der Waals surface area (Å²) < 4.78 is 15.5. The number of anilines is 1. The number of halogens is 2. The number of aryl methyl sites for hydroxylation is 1. The standard InChI is InChI=1S/C19H17ClFN5/c1-26-15(6-13-10-23-19-16(13)7-14(20)11-24-19)8-18(25-26)22-9-12-4-2-3-5-17(12)21/h2-5,7-8,10-11H,6,9H2,1H3,(H,22,25)(H,23,24). The largest absolute Gasteiger partial charge is 0.364 e. The lowest BCUT2D eigenvalue weighted by molar-refractivity contribution is 0.612. The molecule has 0 aliphatic heterocycles. The summed E-state index contributed by atoms with van der Waals surface area (Å²) in [5.41, 5.74) is 3.54. The van der Waals surface area contributed by atoms with Crippen LogP contribution < -0.4 is 5.32 Å². The Balaban J connectivity index is 1.53. The molecule has 4 aromatic rings. The van der Waals surface area contributed by atoms with Crippen molar-refractivity contribution in [2.75, 3.05) is 5.32 Å². The van der Waals surface area contributed by atoms with Gasteiger partial charge in [-0.1, -0.05) is 29.8 Å². The van der Waals surface area contributed by atoms with E-state index in [0.29, 0.717) is 29.4 Å². The molecule has 0 bridgehead atoms. The molecule has 0 fully saturated rings. The van der Waals surface area contributed by atoms with Crippen LogP contribution in [0.4, 0.5) is 10.2 Å². The number of hydrogen-bond donors (Lipinski definition) is 2. The van der Waals surface area contributed by atoms with Crippen LogP contribution in [0.3, 0.4) is 0 Å². The summed E-state index contributed by atoms with van der Waals surface area (Å²) in [6, 6.07) is 10.6. The Bertz CT molecular complexity index is 1070. The van der Waals surface area contributed by atoms with Crippen LogP contribution in [0.2, 0.25) is 5.02 Å². The maximum atomic E-state index is 13.7. The van der Waals surface area contributed by atoms with Crippen LogP contribution in [0.25, 0.3) is 11.0 Å². The highest BCUT2D eigenvalue weighted by molar-refractivity contribution is 6.31. The molecule has 7 heteroatoms. The van der Waals surface area contributed by atoms with Gasteiger partial charge in [0.25, 0.3) is 0 Å². The number of pyridine rings is 1. The minimum atomic E-state index is -0.223. The van der Waals surface area contributed by atoms with E-state index in [1.807, 2.05) is 36.1 Å². The van der Waals surface area contributed by atoms with E-state index in [1.54, 1.807) is 18.3 Å². The second kappa shape index (κ2) is 6.80. The number of H-pyrrole nitrogens is 1. The molecule has 132 valence electrons. The normalized spacial score (nSPS) is 11.2. The molecule has 2 N–H and O–H groups in total. The molecule has 0 saturated heterocycles. The molecule has 26 heavy (non-hydrogen) atoms. The molecule has 0 amide bonds. The molecule has 1 aromatic carbocycles. The van der Waals surface area contributed by atoms with Crippen molar-refractivity contribution in [2.45, 2.75) is 13.0 Å². The fourth-order valence-electron chi connectivity index (χ4n) is 2.96. The maximum Gasteiger partial charge on any atom is 0.148 e. The summed E-state index contributed by atoms with van der Waals surface area (Å²) in [5.74, 6) is 0.487. The molecule has 0 spiro atoms. The van der Waals surface area contributed by atoms with Gasteiger partial charge in [-0.05, 0) is 17.7 Å². The molecule has 0 aliphatic rings. The molecular weight excluding hydrogens is 353 g/mol.